The van der Waals surface area contributed by atoms with E-state index in [0.717, 1.165) is 25.1 Å². The van der Waals surface area contributed by atoms with Gasteiger partial charge in [-0.15, -0.1) is 0 Å². The SMILES string of the molecule is CC[C@H](C)OC(=O)[C@H](c1ccccc1)N1CCCCC1. The van der Waals surface area contributed by atoms with Gasteiger partial charge in [0.25, 0.3) is 0 Å². The van der Waals surface area contributed by atoms with E-state index in [9.17, 15) is 4.79 Å². The quantitative estimate of drug-likeness (QED) is 0.770. The molecular formula is C17H25NO2. The summed E-state index contributed by atoms with van der Waals surface area (Å²) in [6.45, 7) is 5.96. The van der Waals surface area contributed by atoms with Gasteiger partial charge in [-0.25, -0.2) is 4.79 Å². The Morgan fingerprint density at radius 3 is 2.45 bits per heavy atom. The van der Waals surface area contributed by atoms with Crippen LogP contribution in [0, 0.1) is 0 Å². The fourth-order valence-corrected chi connectivity index (χ4v) is 2.65. The fourth-order valence-electron chi connectivity index (χ4n) is 2.65. The number of hydrogen-bond acceptors (Lipinski definition) is 3. The minimum absolute atomic E-state index is 0.0153. The van der Waals surface area contributed by atoms with Crippen molar-refractivity contribution in [3.8, 4) is 0 Å². The zero-order valence-electron chi connectivity index (χ0n) is 12.5. The van der Waals surface area contributed by atoms with Crippen LogP contribution in [0.3, 0.4) is 0 Å². The van der Waals surface area contributed by atoms with E-state index in [4.69, 9.17) is 4.74 Å². The molecule has 0 aliphatic carbocycles. The van der Waals surface area contributed by atoms with E-state index in [1.54, 1.807) is 0 Å². The van der Waals surface area contributed by atoms with Crippen LogP contribution >= 0.6 is 0 Å². The first-order valence-electron chi connectivity index (χ1n) is 7.72. The summed E-state index contributed by atoms with van der Waals surface area (Å²) >= 11 is 0. The predicted molar refractivity (Wildman–Crippen MR) is 80.5 cm³/mol. The van der Waals surface area contributed by atoms with Crippen LogP contribution < -0.4 is 0 Å². The summed E-state index contributed by atoms with van der Waals surface area (Å²) < 4.78 is 5.59. The van der Waals surface area contributed by atoms with Crippen molar-refractivity contribution in [2.45, 2.75) is 51.7 Å². The van der Waals surface area contributed by atoms with Crippen molar-refractivity contribution in [3.63, 3.8) is 0 Å². The smallest absolute Gasteiger partial charge is 0.328 e. The number of benzene rings is 1. The number of likely N-dealkylation sites (tertiary alicyclic amines) is 1. The monoisotopic (exact) mass is 275 g/mol. The van der Waals surface area contributed by atoms with Crippen molar-refractivity contribution < 1.29 is 9.53 Å². The van der Waals surface area contributed by atoms with Crippen LogP contribution in [0.2, 0.25) is 0 Å². The van der Waals surface area contributed by atoms with Crippen molar-refractivity contribution >= 4 is 5.97 Å². The Morgan fingerprint density at radius 1 is 1.20 bits per heavy atom. The second-order valence-electron chi connectivity index (χ2n) is 5.57. The van der Waals surface area contributed by atoms with Gasteiger partial charge in [-0.2, -0.15) is 0 Å². The lowest BCUT2D eigenvalue weighted by Gasteiger charge is -2.33. The van der Waals surface area contributed by atoms with Crippen molar-refractivity contribution in [2.24, 2.45) is 0 Å². The second-order valence-corrected chi connectivity index (χ2v) is 5.57. The van der Waals surface area contributed by atoms with E-state index < -0.39 is 0 Å². The summed E-state index contributed by atoms with van der Waals surface area (Å²) in [4.78, 5) is 14.8. The molecule has 0 saturated carbocycles. The number of carbonyl (C=O) groups excluding carboxylic acids is 1. The van der Waals surface area contributed by atoms with Crippen LogP contribution in [0.25, 0.3) is 0 Å². The number of nitrogens with zero attached hydrogens (tertiary/aromatic N) is 1. The van der Waals surface area contributed by atoms with Crippen LogP contribution in [0.1, 0.15) is 51.1 Å². The molecule has 20 heavy (non-hydrogen) atoms. The van der Waals surface area contributed by atoms with Crippen LogP contribution in [-0.4, -0.2) is 30.1 Å². The third kappa shape index (κ3) is 3.83. The van der Waals surface area contributed by atoms with Gasteiger partial charge < -0.3 is 4.74 Å². The predicted octanol–water partition coefficient (Wildman–Crippen LogP) is 3.56. The number of carbonyl (C=O) groups is 1. The minimum Gasteiger partial charge on any atom is -0.461 e. The summed E-state index contributed by atoms with van der Waals surface area (Å²) in [5, 5.41) is 0. The molecule has 1 aromatic rings. The van der Waals surface area contributed by atoms with Crippen LogP contribution in [0.15, 0.2) is 30.3 Å². The highest BCUT2D eigenvalue weighted by Gasteiger charge is 2.30. The standard InChI is InChI=1S/C17H25NO2/c1-3-14(2)20-17(19)16(15-10-6-4-7-11-15)18-12-8-5-9-13-18/h4,6-7,10-11,14,16H,3,5,8-9,12-13H2,1-2H3/t14-,16-/m0/s1. The highest BCUT2D eigenvalue weighted by atomic mass is 16.5. The zero-order chi connectivity index (χ0) is 14.4. The first-order chi connectivity index (χ1) is 9.72. The van der Waals surface area contributed by atoms with Crippen molar-refractivity contribution in [1.29, 1.82) is 0 Å². The Labute approximate surface area is 121 Å². The van der Waals surface area contributed by atoms with Gasteiger partial charge in [0.15, 0.2) is 0 Å². The first-order valence-corrected chi connectivity index (χ1v) is 7.72. The normalized spacial score (nSPS) is 19.3. The van der Waals surface area contributed by atoms with Gasteiger partial charge in [0.05, 0.1) is 6.10 Å². The van der Waals surface area contributed by atoms with Gasteiger partial charge in [-0.3, -0.25) is 4.90 Å². The summed E-state index contributed by atoms with van der Waals surface area (Å²) in [6, 6.07) is 9.77. The Bertz CT molecular complexity index is 412. The number of ether oxygens (including phenoxy) is 1. The Kier molecular flexibility index (Phi) is 5.60. The molecule has 0 N–H and O–H groups in total. The molecule has 3 nitrogen and oxygen atoms in total. The Balaban J connectivity index is 2.17. The summed E-state index contributed by atoms with van der Waals surface area (Å²) in [7, 11) is 0. The van der Waals surface area contributed by atoms with Crippen LogP contribution in [0.5, 0.6) is 0 Å². The van der Waals surface area contributed by atoms with E-state index in [-0.39, 0.29) is 18.1 Å². The molecule has 1 heterocycles. The summed E-state index contributed by atoms with van der Waals surface area (Å²) in [6.07, 6.45) is 4.43. The maximum atomic E-state index is 12.5. The molecular weight excluding hydrogens is 250 g/mol. The van der Waals surface area contributed by atoms with Crippen molar-refractivity contribution in [1.82, 2.24) is 4.90 Å². The highest BCUT2D eigenvalue weighted by molar-refractivity contribution is 5.77. The van der Waals surface area contributed by atoms with Gasteiger partial charge in [-0.05, 0) is 44.8 Å². The topological polar surface area (TPSA) is 29.5 Å². The molecule has 1 aliphatic rings. The van der Waals surface area contributed by atoms with E-state index in [1.165, 1.54) is 19.3 Å². The third-order valence-electron chi connectivity index (χ3n) is 3.99. The second kappa shape index (κ2) is 7.44. The number of hydrogen-bond donors (Lipinski definition) is 0. The molecule has 0 radical (unpaired) electrons. The molecule has 0 amide bonds. The third-order valence-corrected chi connectivity index (χ3v) is 3.99. The zero-order valence-corrected chi connectivity index (χ0v) is 12.5. The Hall–Kier alpha value is -1.35. The van der Waals surface area contributed by atoms with Gasteiger partial charge in [0.1, 0.15) is 6.04 Å². The first kappa shape index (κ1) is 15.0. The average Bonchev–Trinajstić information content (AvgIpc) is 2.49. The molecule has 0 aromatic heterocycles. The molecule has 3 heteroatoms. The highest BCUT2D eigenvalue weighted by Crippen LogP contribution is 2.26. The van der Waals surface area contributed by atoms with E-state index in [2.05, 4.69) is 4.90 Å². The van der Waals surface area contributed by atoms with Crippen molar-refractivity contribution in [2.75, 3.05) is 13.1 Å². The van der Waals surface area contributed by atoms with Gasteiger partial charge >= 0.3 is 5.97 Å². The molecule has 110 valence electrons. The van der Waals surface area contributed by atoms with Crippen LogP contribution in [-0.2, 0) is 9.53 Å². The molecule has 0 spiro atoms. The van der Waals surface area contributed by atoms with Crippen molar-refractivity contribution in [3.05, 3.63) is 35.9 Å². The number of piperidine rings is 1. The lowest BCUT2D eigenvalue weighted by atomic mass is 10.0. The minimum atomic E-state index is -0.245. The van der Waals surface area contributed by atoms with E-state index >= 15 is 0 Å². The Morgan fingerprint density at radius 2 is 1.85 bits per heavy atom. The maximum absolute atomic E-state index is 12.5. The van der Waals surface area contributed by atoms with Gasteiger partial charge in [0.2, 0.25) is 0 Å². The van der Waals surface area contributed by atoms with E-state index in [0.29, 0.717) is 0 Å². The molecule has 0 unspecified atom stereocenters. The summed E-state index contributed by atoms with van der Waals surface area (Å²) in [5.74, 6) is -0.104. The average molecular weight is 275 g/mol. The molecule has 1 aromatic carbocycles. The number of esters is 1. The molecule has 1 saturated heterocycles. The molecule has 0 bridgehead atoms. The van der Waals surface area contributed by atoms with Crippen LogP contribution in [0.4, 0.5) is 0 Å². The fraction of sp³-hybridized carbons (Fsp3) is 0.588. The largest absolute Gasteiger partial charge is 0.461 e. The summed E-state index contributed by atoms with van der Waals surface area (Å²) in [5.41, 5.74) is 1.04. The van der Waals surface area contributed by atoms with E-state index in [1.807, 2.05) is 44.2 Å². The lowest BCUT2D eigenvalue weighted by Crippen LogP contribution is -2.39. The number of rotatable bonds is 5. The van der Waals surface area contributed by atoms with Gasteiger partial charge in [-0.1, -0.05) is 43.7 Å². The lowest BCUT2D eigenvalue weighted by molar-refractivity contribution is -0.155. The maximum Gasteiger partial charge on any atom is 0.328 e. The molecule has 2 atom stereocenters. The molecule has 1 fully saturated rings. The molecule has 2 rings (SSSR count). The molecule has 1 aliphatic heterocycles. The van der Waals surface area contributed by atoms with Gasteiger partial charge in [0, 0.05) is 0 Å².